The van der Waals surface area contributed by atoms with Gasteiger partial charge in [-0.1, -0.05) is 42.0 Å². The van der Waals surface area contributed by atoms with Crippen molar-refractivity contribution in [2.45, 2.75) is 27.3 Å². The first kappa shape index (κ1) is 16.0. The molecule has 0 aliphatic carbocycles. The summed E-state index contributed by atoms with van der Waals surface area (Å²) in [6, 6.07) is 13.0. The lowest BCUT2D eigenvalue weighted by Gasteiger charge is -2.14. The Balaban J connectivity index is 2.44. The Kier molecular flexibility index (Phi) is 4.21. The second kappa shape index (κ2) is 6.32. The van der Waals surface area contributed by atoms with Gasteiger partial charge in [-0.25, -0.2) is 9.36 Å². The predicted molar refractivity (Wildman–Crippen MR) is 98.1 cm³/mol. The van der Waals surface area contributed by atoms with Gasteiger partial charge in [-0.05, 0) is 44.5 Å². The third-order valence-electron chi connectivity index (χ3n) is 4.17. The zero-order valence-corrected chi connectivity index (χ0v) is 14.1. The number of aryl methyl sites for hydroxylation is 2. The van der Waals surface area contributed by atoms with Crippen LogP contribution in [0.15, 0.2) is 64.2 Å². The lowest BCUT2D eigenvalue weighted by atomic mass is 10.1. The van der Waals surface area contributed by atoms with Gasteiger partial charge in [-0.2, -0.15) is 0 Å². The lowest BCUT2D eigenvalue weighted by Crippen LogP contribution is -2.39. The molecule has 0 amide bonds. The van der Waals surface area contributed by atoms with Gasteiger partial charge < -0.3 is 0 Å². The average molecular weight is 320 g/mol. The molecule has 3 rings (SSSR count). The van der Waals surface area contributed by atoms with E-state index < -0.39 is 0 Å². The van der Waals surface area contributed by atoms with E-state index >= 15 is 0 Å². The second-order valence-corrected chi connectivity index (χ2v) is 5.91. The Hall–Kier alpha value is -2.88. The van der Waals surface area contributed by atoms with E-state index in [1.807, 2.05) is 69.3 Å². The zero-order chi connectivity index (χ0) is 17.3. The molecule has 1 heterocycles. The number of benzene rings is 2. The number of para-hydroxylation sites is 1. The summed E-state index contributed by atoms with van der Waals surface area (Å²) in [6.45, 7) is 6.25. The highest BCUT2D eigenvalue weighted by Crippen LogP contribution is 2.15. The topological polar surface area (TPSA) is 44.0 Å². The maximum absolute atomic E-state index is 13.0. The van der Waals surface area contributed by atoms with Crippen molar-refractivity contribution in [1.82, 2.24) is 9.13 Å². The van der Waals surface area contributed by atoms with Crippen molar-refractivity contribution < 1.29 is 0 Å². The smallest absolute Gasteiger partial charge is 0.289 e. The van der Waals surface area contributed by atoms with E-state index in [2.05, 4.69) is 0 Å². The van der Waals surface area contributed by atoms with Crippen molar-refractivity contribution in [3.05, 3.63) is 86.6 Å². The molecule has 0 aliphatic rings. The normalized spacial score (nSPS) is 11.5. The Labute approximate surface area is 140 Å². The van der Waals surface area contributed by atoms with Crippen LogP contribution in [0.2, 0.25) is 0 Å². The van der Waals surface area contributed by atoms with Crippen molar-refractivity contribution in [2.75, 3.05) is 0 Å². The van der Waals surface area contributed by atoms with E-state index in [9.17, 15) is 9.59 Å². The van der Waals surface area contributed by atoms with Crippen LogP contribution in [0, 0.1) is 13.8 Å². The van der Waals surface area contributed by atoms with Crippen LogP contribution in [0.5, 0.6) is 0 Å². The van der Waals surface area contributed by atoms with E-state index in [0.717, 1.165) is 11.1 Å². The molecule has 0 atom stereocenters. The lowest BCUT2D eigenvalue weighted by molar-refractivity contribution is 0.724. The fourth-order valence-corrected chi connectivity index (χ4v) is 2.98. The maximum Gasteiger partial charge on any atom is 0.336 e. The van der Waals surface area contributed by atoms with Crippen LogP contribution in [0.1, 0.15) is 18.1 Å². The third kappa shape index (κ3) is 2.60. The van der Waals surface area contributed by atoms with E-state index in [1.165, 1.54) is 4.57 Å². The average Bonchev–Trinajstić information content (AvgIpc) is 2.57. The molecule has 2 aromatic carbocycles. The molecule has 0 aliphatic heterocycles. The zero-order valence-electron chi connectivity index (χ0n) is 14.1. The van der Waals surface area contributed by atoms with Crippen molar-refractivity contribution in [3.63, 3.8) is 0 Å². The molecule has 0 N–H and O–H groups in total. The first-order valence-electron chi connectivity index (χ1n) is 7.98. The summed E-state index contributed by atoms with van der Waals surface area (Å²) in [4.78, 5) is 26.0. The van der Waals surface area contributed by atoms with E-state index in [4.69, 9.17) is 0 Å². The molecule has 0 saturated heterocycles. The molecular formula is C20H20N2O2. The Bertz CT molecular complexity index is 1060. The largest absolute Gasteiger partial charge is 0.336 e. The molecule has 122 valence electrons. The van der Waals surface area contributed by atoms with Gasteiger partial charge in [0.15, 0.2) is 0 Å². The number of allylic oxidation sites excluding steroid dienone is 2. The summed E-state index contributed by atoms with van der Waals surface area (Å²) in [5.41, 5.74) is 2.70. The molecule has 0 unspecified atom stereocenters. The van der Waals surface area contributed by atoms with Crippen LogP contribution in [-0.2, 0) is 6.54 Å². The van der Waals surface area contributed by atoms with Crippen LogP contribution in [0.25, 0.3) is 16.6 Å². The number of hydrogen-bond donors (Lipinski definition) is 0. The minimum atomic E-state index is -0.316. The van der Waals surface area contributed by atoms with E-state index in [-0.39, 0.29) is 11.2 Å². The van der Waals surface area contributed by atoms with Crippen molar-refractivity contribution >= 4 is 10.9 Å². The number of fused-ring (bicyclic) bond motifs is 1. The van der Waals surface area contributed by atoms with E-state index in [0.29, 0.717) is 23.1 Å². The first-order chi connectivity index (χ1) is 11.5. The number of rotatable bonds is 3. The van der Waals surface area contributed by atoms with Gasteiger partial charge in [0, 0.05) is 6.54 Å². The van der Waals surface area contributed by atoms with Gasteiger partial charge in [0.2, 0.25) is 0 Å². The van der Waals surface area contributed by atoms with Gasteiger partial charge in [0.25, 0.3) is 5.56 Å². The summed E-state index contributed by atoms with van der Waals surface area (Å²) in [5.74, 6) is 0. The SMILES string of the molecule is CC=CCn1c(=O)n(-c2ccc(C)cc2C)c(=O)c2ccccc21. The first-order valence-corrected chi connectivity index (χ1v) is 7.98. The third-order valence-corrected chi connectivity index (χ3v) is 4.17. The second-order valence-electron chi connectivity index (χ2n) is 5.91. The van der Waals surface area contributed by atoms with Gasteiger partial charge in [-0.3, -0.25) is 9.36 Å². The molecule has 3 aromatic rings. The molecule has 24 heavy (non-hydrogen) atoms. The molecule has 0 radical (unpaired) electrons. The Morgan fingerprint density at radius 1 is 1.04 bits per heavy atom. The van der Waals surface area contributed by atoms with Crippen molar-refractivity contribution in [2.24, 2.45) is 0 Å². The van der Waals surface area contributed by atoms with Crippen LogP contribution in [0.3, 0.4) is 0 Å². The van der Waals surface area contributed by atoms with Crippen LogP contribution < -0.4 is 11.2 Å². The molecule has 0 bridgehead atoms. The highest BCUT2D eigenvalue weighted by Gasteiger charge is 2.14. The number of nitrogens with zero attached hydrogens (tertiary/aromatic N) is 2. The summed E-state index contributed by atoms with van der Waals surface area (Å²) in [6.07, 6.45) is 3.80. The summed E-state index contributed by atoms with van der Waals surface area (Å²) >= 11 is 0. The maximum atomic E-state index is 13.0. The van der Waals surface area contributed by atoms with Crippen LogP contribution >= 0.6 is 0 Å². The minimum absolute atomic E-state index is 0.278. The predicted octanol–water partition coefficient (Wildman–Crippen LogP) is 3.35. The standard InChI is InChI=1S/C20H20N2O2/c1-4-5-12-21-18-9-7-6-8-16(18)19(23)22(20(21)24)17-11-10-14(2)13-15(17)3/h4-11,13H,12H2,1-3H3. The quantitative estimate of drug-likeness (QED) is 0.695. The molecule has 1 aromatic heterocycles. The fourth-order valence-electron chi connectivity index (χ4n) is 2.98. The van der Waals surface area contributed by atoms with Crippen molar-refractivity contribution in [3.8, 4) is 5.69 Å². The van der Waals surface area contributed by atoms with Gasteiger partial charge in [-0.15, -0.1) is 0 Å². The van der Waals surface area contributed by atoms with Crippen molar-refractivity contribution in [1.29, 1.82) is 0 Å². The monoisotopic (exact) mass is 320 g/mol. The highest BCUT2D eigenvalue weighted by atomic mass is 16.2. The van der Waals surface area contributed by atoms with Crippen LogP contribution in [0.4, 0.5) is 0 Å². The molecule has 0 saturated carbocycles. The summed E-state index contributed by atoms with van der Waals surface area (Å²) in [7, 11) is 0. The summed E-state index contributed by atoms with van der Waals surface area (Å²) < 4.78 is 2.91. The molecule has 0 fully saturated rings. The Morgan fingerprint density at radius 3 is 2.50 bits per heavy atom. The van der Waals surface area contributed by atoms with Crippen LogP contribution in [-0.4, -0.2) is 9.13 Å². The fraction of sp³-hybridized carbons (Fsp3) is 0.200. The van der Waals surface area contributed by atoms with Gasteiger partial charge in [0.05, 0.1) is 16.6 Å². The molecule has 0 spiro atoms. The number of hydrogen-bond acceptors (Lipinski definition) is 2. The summed E-state index contributed by atoms with van der Waals surface area (Å²) in [5, 5.41) is 0.543. The van der Waals surface area contributed by atoms with Gasteiger partial charge in [0.1, 0.15) is 0 Å². The van der Waals surface area contributed by atoms with E-state index in [1.54, 1.807) is 10.6 Å². The highest BCUT2D eigenvalue weighted by molar-refractivity contribution is 5.78. The molecular weight excluding hydrogens is 300 g/mol. The number of aromatic nitrogens is 2. The minimum Gasteiger partial charge on any atom is -0.289 e. The van der Waals surface area contributed by atoms with Gasteiger partial charge >= 0.3 is 5.69 Å². The molecule has 4 nitrogen and oxygen atoms in total. The molecule has 4 heteroatoms. The Morgan fingerprint density at radius 2 is 1.79 bits per heavy atom.